The fourth-order valence-corrected chi connectivity index (χ4v) is 6.20. The number of rotatable bonds is 5. The second kappa shape index (κ2) is 11.1. The second-order valence-electron chi connectivity index (χ2n) is 9.58. The summed E-state index contributed by atoms with van der Waals surface area (Å²) >= 11 is 5.04. The summed E-state index contributed by atoms with van der Waals surface area (Å²) in [5.74, 6) is 0.268. The smallest absolute Gasteiger partial charge is 0.368 e. The predicted octanol–water partition coefficient (Wildman–Crippen LogP) is 6.27. The van der Waals surface area contributed by atoms with Crippen molar-refractivity contribution in [2.75, 3.05) is 44.2 Å². The highest BCUT2D eigenvalue weighted by Gasteiger charge is 2.32. The topological polar surface area (TPSA) is 39.7 Å². The van der Waals surface area contributed by atoms with Crippen LogP contribution in [0.2, 0.25) is 0 Å². The number of halogens is 4. The molecule has 37 heavy (non-hydrogen) atoms. The van der Waals surface area contributed by atoms with Gasteiger partial charge in [-0.2, -0.15) is 13.2 Å². The van der Waals surface area contributed by atoms with Crippen LogP contribution in [0.3, 0.4) is 0 Å². The molecule has 0 atom stereocenters. The second-order valence-corrected chi connectivity index (χ2v) is 11.4. The number of nitrogens with zero attached hydrogens (tertiary/aromatic N) is 4. The highest BCUT2D eigenvalue weighted by Crippen LogP contribution is 2.33. The van der Waals surface area contributed by atoms with Crippen LogP contribution in [0.5, 0.6) is 0 Å². The van der Waals surface area contributed by atoms with Gasteiger partial charge in [-0.05, 0) is 61.8 Å². The third kappa shape index (κ3) is 6.35. The zero-order valence-corrected chi connectivity index (χ0v) is 22.7. The lowest BCUT2D eigenvalue weighted by Crippen LogP contribution is -2.49. The molecule has 10 heteroatoms. The summed E-state index contributed by atoms with van der Waals surface area (Å²) in [6.45, 7) is 4.82. The van der Waals surface area contributed by atoms with Crippen molar-refractivity contribution in [2.45, 2.75) is 31.5 Å². The Morgan fingerprint density at radius 3 is 2.38 bits per heavy atom. The average molecular weight is 594 g/mol. The molecule has 0 unspecified atom stereocenters. The minimum absolute atomic E-state index is 0.0983. The molecule has 0 saturated carbocycles. The Morgan fingerprint density at radius 1 is 1.00 bits per heavy atom. The maximum Gasteiger partial charge on any atom is 0.416 e. The third-order valence-corrected chi connectivity index (χ3v) is 8.64. The van der Waals surface area contributed by atoms with Gasteiger partial charge in [0.2, 0.25) is 0 Å². The Balaban J connectivity index is 1.13. The Kier molecular flexibility index (Phi) is 7.88. The molecule has 0 spiro atoms. The molecule has 2 saturated heterocycles. The zero-order valence-electron chi connectivity index (χ0n) is 20.3. The fraction of sp³-hybridized carbons (Fsp3) is 0.407. The van der Waals surface area contributed by atoms with Gasteiger partial charge in [-0.1, -0.05) is 34.1 Å². The molecule has 0 aliphatic carbocycles. The number of hydrogen-bond acceptors (Lipinski definition) is 5. The van der Waals surface area contributed by atoms with Crippen LogP contribution in [0.1, 0.15) is 45.4 Å². The number of benzene rings is 2. The Morgan fingerprint density at radius 2 is 1.70 bits per heavy atom. The molecule has 5 rings (SSSR count). The van der Waals surface area contributed by atoms with Crippen molar-refractivity contribution in [3.8, 4) is 0 Å². The minimum Gasteiger partial charge on any atom is -0.368 e. The number of amides is 1. The van der Waals surface area contributed by atoms with E-state index in [-0.39, 0.29) is 5.91 Å². The molecule has 196 valence electrons. The van der Waals surface area contributed by atoms with E-state index in [0.29, 0.717) is 43.5 Å². The van der Waals surface area contributed by atoms with Crippen molar-refractivity contribution in [3.05, 3.63) is 80.2 Å². The van der Waals surface area contributed by atoms with Gasteiger partial charge >= 0.3 is 6.18 Å². The molecule has 0 N–H and O–H groups in total. The van der Waals surface area contributed by atoms with Crippen molar-refractivity contribution >= 4 is 38.9 Å². The van der Waals surface area contributed by atoms with Crippen LogP contribution in [-0.4, -0.2) is 60.0 Å². The number of anilines is 1. The number of piperidine rings is 1. The van der Waals surface area contributed by atoms with E-state index in [0.717, 1.165) is 48.0 Å². The van der Waals surface area contributed by atoms with Crippen LogP contribution < -0.4 is 4.90 Å². The SMILES string of the molecule is O=C(c1csc(C2CCN(Cc3ccc(Br)cc3)CC2)n1)N1CCN(c2cccc(C(F)(F)F)c2)CC1. The summed E-state index contributed by atoms with van der Waals surface area (Å²) in [7, 11) is 0. The first-order chi connectivity index (χ1) is 17.8. The van der Waals surface area contributed by atoms with Crippen LogP contribution in [0, 0.1) is 0 Å². The highest BCUT2D eigenvalue weighted by atomic mass is 79.9. The van der Waals surface area contributed by atoms with Crippen LogP contribution in [-0.2, 0) is 12.7 Å². The predicted molar refractivity (Wildman–Crippen MR) is 143 cm³/mol. The Labute approximate surface area is 227 Å². The van der Waals surface area contributed by atoms with E-state index in [1.54, 1.807) is 22.3 Å². The number of carbonyl (C=O) groups is 1. The quantitative estimate of drug-likeness (QED) is 0.350. The first-order valence-corrected chi connectivity index (χ1v) is 14.1. The standard InChI is InChI=1S/C27H28BrF3N4OS/c28-22-6-4-19(5-7-22)17-33-10-8-20(9-11-33)25-32-24(18-37-25)26(36)35-14-12-34(13-15-35)23-3-1-2-21(16-23)27(29,30)31/h1-7,16,18,20H,8-15,17H2. The molecular weight excluding hydrogens is 565 g/mol. The van der Waals surface area contributed by atoms with Crippen molar-refractivity contribution in [1.29, 1.82) is 0 Å². The lowest BCUT2D eigenvalue weighted by Gasteiger charge is -2.36. The lowest BCUT2D eigenvalue weighted by atomic mass is 9.97. The van der Waals surface area contributed by atoms with Crippen molar-refractivity contribution in [2.24, 2.45) is 0 Å². The maximum absolute atomic E-state index is 13.1. The van der Waals surface area contributed by atoms with E-state index in [4.69, 9.17) is 4.98 Å². The Bertz CT molecular complexity index is 1220. The molecule has 2 aliphatic heterocycles. The molecule has 3 heterocycles. The maximum atomic E-state index is 13.1. The van der Waals surface area contributed by atoms with Gasteiger partial charge in [0.05, 0.1) is 10.6 Å². The van der Waals surface area contributed by atoms with Crippen molar-refractivity contribution in [3.63, 3.8) is 0 Å². The van der Waals surface area contributed by atoms with Crippen molar-refractivity contribution < 1.29 is 18.0 Å². The number of carbonyl (C=O) groups excluding carboxylic acids is 1. The summed E-state index contributed by atoms with van der Waals surface area (Å²) in [6.07, 6.45) is -2.33. The van der Waals surface area contributed by atoms with E-state index in [1.807, 2.05) is 10.3 Å². The molecule has 0 radical (unpaired) electrons. The van der Waals surface area contributed by atoms with Gasteiger partial charge in [-0.25, -0.2) is 4.98 Å². The van der Waals surface area contributed by atoms with E-state index < -0.39 is 11.7 Å². The summed E-state index contributed by atoms with van der Waals surface area (Å²) in [4.78, 5) is 23.9. The van der Waals surface area contributed by atoms with Gasteiger partial charge in [0, 0.05) is 54.2 Å². The first kappa shape index (κ1) is 26.2. The number of likely N-dealkylation sites (tertiary alicyclic amines) is 1. The van der Waals surface area contributed by atoms with Crippen LogP contribution >= 0.6 is 27.3 Å². The van der Waals surface area contributed by atoms with Crippen LogP contribution in [0.25, 0.3) is 0 Å². The highest BCUT2D eigenvalue weighted by molar-refractivity contribution is 9.10. The molecule has 0 bridgehead atoms. The summed E-state index contributed by atoms with van der Waals surface area (Å²) in [6, 6.07) is 13.8. The van der Waals surface area contributed by atoms with E-state index in [9.17, 15) is 18.0 Å². The Hall–Kier alpha value is -2.43. The van der Waals surface area contributed by atoms with E-state index in [2.05, 4.69) is 45.1 Å². The fourth-order valence-electron chi connectivity index (χ4n) is 4.97. The largest absolute Gasteiger partial charge is 0.416 e. The zero-order chi connectivity index (χ0) is 26.0. The monoisotopic (exact) mass is 592 g/mol. The summed E-state index contributed by atoms with van der Waals surface area (Å²) < 4.78 is 40.3. The molecule has 2 aliphatic rings. The number of hydrogen-bond donors (Lipinski definition) is 0. The van der Waals surface area contributed by atoms with E-state index >= 15 is 0 Å². The molecule has 1 aromatic heterocycles. The van der Waals surface area contributed by atoms with Gasteiger partial charge in [0.25, 0.3) is 5.91 Å². The number of thiazole rings is 1. The average Bonchev–Trinajstić information content (AvgIpc) is 3.40. The number of piperazine rings is 1. The van der Waals surface area contributed by atoms with Gasteiger partial charge in [0.1, 0.15) is 5.69 Å². The molecule has 2 fully saturated rings. The normalized spacial score (nSPS) is 17.8. The van der Waals surface area contributed by atoms with Gasteiger partial charge in [-0.15, -0.1) is 11.3 Å². The van der Waals surface area contributed by atoms with Crippen LogP contribution in [0.15, 0.2) is 58.4 Å². The minimum atomic E-state index is -4.37. The molecule has 5 nitrogen and oxygen atoms in total. The molecule has 3 aromatic rings. The first-order valence-electron chi connectivity index (χ1n) is 12.4. The molecular formula is C27H28BrF3N4OS. The molecule has 2 aromatic carbocycles. The van der Waals surface area contributed by atoms with Gasteiger partial charge in [-0.3, -0.25) is 9.69 Å². The summed E-state index contributed by atoms with van der Waals surface area (Å²) in [5.41, 5.74) is 1.66. The third-order valence-electron chi connectivity index (χ3n) is 7.10. The lowest BCUT2D eigenvalue weighted by molar-refractivity contribution is -0.137. The molecule has 1 amide bonds. The summed E-state index contributed by atoms with van der Waals surface area (Å²) in [5, 5.41) is 2.87. The van der Waals surface area contributed by atoms with Gasteiger partial charge in [0.15, 0.2) is 0 Å². The number of alkyl halides is 3. The van der Waals surface area contributed by atoms with E-state index in [1.165, 1.54) is 17.7 Å². The van der Waals surface area contributed by atoms with Gasteiger partial charge < -0.3 is 9.80 Å². The van der Waals surface area contributed by atoms with Crippen molar-refractivity contribution in [1.82, 2.24) is 14.8 Å². The number of aromatic nitrogens is 1. The van der Waals surface area contributed by atoms with Crippen LogP contribution in [0.4, 0.5) is 18.9 Å².